The Labute approximate surface area is 279 Å². The van der Waals surface area contributed by atoms with Gasteiger partial charge in [0.2, 0.25) is 5.91 Å². The summed E-state index contributed by atoms with van der Waals surface area (Å²) in [4.78, 5) is 45.5. The van der Waals surface area contributed by atoms with Crippen LogP contribution < -0.4 is 5.69 Å². The zero-order valence-corrected chi connectivity index (χ0v) is 26.6. The maximum Gasteiger partial charge on any atom is 0.490 e. The molecule has 0 radical (unpaired) electrons. The van der Waals surface area contributed by atoms with Gasteiger partial charge in [0.25, 0.3) is 0 Å². The number of halogens is 3. The van der Waals surface area contributed by atoms with E-state index >= 15 is 0 Å². The van der Waals surface area contributed by atoms with E-state index in [0.717, 1.165) is 66.0 Å². The van der Waals surface area contributed by atoms with Gasteiger partial charge in [-0.05, 0) is 30.5 Å². The molecule has 4 heterocycles. The molecule has 2 saturated heterocycles. The fourth-order valence-corrected chi connectivity index (χ4v) is 6.20. The van der Waals surface area contributed by atoms with Crippen LogP contribution in [0.2, 0.25) is 0 Å². The van der Waals surface area contributed by atoms with E-state index in [-0.39, 0.29) is 23.6 Å². The second-order valence-electron chi connectivity index (χ2n) is 12.2. The Bertz CT molecular complexity index is 2000. The summed E-state index contributed by atoms with van der Waals surface area (Å²) in [5.74, 6) is -1.89. The van der Waals surface area contributed by atoms with Crippen LogP contribution >= 0.6 is 0 Å². The van der Waals surface area contributed by atoms with E-state index in [1.807, 2.05) is 59.2 Å². The minimum atomic E-state index is -5.08. The number of fused-ring (bicyclic) bond motifs is 1. The molecule has 0 atom stereocenters. The van der Waals surface area contributed by atoms with Crippen molar-refractivity contribution in [1.29, 1.82) is 0 Å². The number of hydrogen-bond donors (Lipinski definition) is 2. The molecule has 0 aliphatic carbocycles. The first-order chi connectivity index (χ1) is 23.5. The largest absolute Gasteiger partial charge is 0.490 e. The molecule has 11 nitrogen and oxygen atoms in total. The molecular weight excluding hydrogens is 639 g/mol. The minimum Gasteiger partial charge on any atom is -0.475 e. The van der Waals surface area contributed by atoms with Gasteiger partial charge in [0.15, 0.2) is 5.82 Å². The molecule has 0 unspecified atom stereocenters. The van der Waals surface area contributed by atoms with Crippen molar-refractivity contribution in [3.05, 3.63) is 101 Å². The number of aliphatic carboxylic acids is 1. The molecule has 2 fully saturated rings. The Morgan fingerprint density at radius 3 is 2.12 bits per heavy atom. The van der Waals surface area contributed by atoms with Gasteiger partial charge in [-0.2, -0.15) is 13.2 Å². The summed E-state index contributed by atoms with van der Waals surface area (Å²) in [6.07, 6.45) is -3.20. The molecule has 14 heteroatoms. The normalized spacial score (nSPS) is 15.8. The predicted octanol–water partition coefficient (Wildman–Crippen LogP) is 5.26. The Morgan fingerprint density at radius 1 is 0.878 bits per heavy atom. The van der Waals surface area contributed by atoms with Gasteiger partial charge < -0.3 is 15.0 Å². The van der Waals surface area contributed by atoms with E-state index in [2.05, 4.69) is 44.3 Å². The van der Waals surface area contributed by atoms with E-state index in [0.29, 0.717) is 18.9 Å². The summed E-state index contributed by atoms with van der Waals surface area (Å²) >= 11 is 0. The van der Waals surface area contributed by atoms with Crippen molar-refractivity contribution in [2.45, 2.75) is 44.4 Å². The number of imidazole rings is 1. The quantitative estimate of drug-likeness (QED) is 0.249. The van der Waals surface area contributed by atoms with Crippen molar-refractivity contribution in [2.75, 3.05) is 26.2 Å². The molecule has 2 aromatic heterocycles. The summed E-state index contributed by atoms with van der Waals surface area (Å²) in [5, 5.41) is 16.2. The number of amides is 1. The van der Waals surface area contributed by atoms with Gasteiger partial charge in [0.05, 0.1) is 17.0 Å². The number of piperidine rings is 1. The van der Waals surface area contributed by atoms with Crippen LogP contribution in [0.1, 0.15) is 43.1 Å². The zero-order valence-electron chi connectivity index (χ0n) is 26.6. The summed E-state index contributed by atoms with van der Waals surface area (Å²) in [6, 6.07) is 26.7. The zero-order chi connectivity index (χ0) is 34.7. The second kappa shape index (κ2) is 14.0. The van der Waals surface area contributed by atoms with Crippen molar-refractivity contribution < 1.29 is 27.9 Å². The Morgan fingerprint density at radius 2 is 1.49 bits per heavy atom. The average Bonchev–Trinajstić information content (AvgIpc) is 3.40. The highest BCUT2D eigenvalue weighted by atomic mass is 19.4. The average molecular weight is 674 g/mol. The van der Waals surface area contributed by atoms with Crippen LogP contribution in [0.25, 0.3) is 33.5 Å². The number of likely N-dealkylation sites (tertiary alicyclic amines) is 2. The Kier molecular flexibility index (Phi) is 9.58. The third-order valence-electron chi connectivity index (χ3n) is 8.86. The molecule has 1 amide bonds. The lowest BCUT2D eigenvalue weighted by atomic mass is 9.98. The van der Waals surface area contributed by atoms with Crippen LogP contribution in [0.3, 0.4) is 0 Å². The third-order valence-corrected chi connectivity index (χ3v) is 8.86. The smallest absolute Gasteiger partial charge is 0.475 e. The number of carboxylic acids is 1. The van der Waals surface area contributed by atoms with Crippen LogP contribution in [0, 0.1) is 0 Å². The lowest BCUT2D eigenvalue weighted by Crippen LogP contribution is -2.48. The maximum atomic E-state index is 12.7. The fourth-order valence-electron chi connectivity index (χ4n) is 6.20. The topological polar surface area (TPSA) is 137 Å². The standard InChI is InChI=1S/C33H33N7O2.C2HF3O2/c1-22(41)39-20-26(21-39)32-35-30(31(36-37-32)24-7-3-2-4-8-24)25-13-11-23(12-14-25)19-38-17-15-27(16-18-38)40-29-10-6-5-9-28(29)34-33(40)42;3-2(4,5)1(6)7/h2-14,26-27H,15-21H2,1H3,(H,34,42);(H,6,7). The molecule has 0 saturated carbocycles. The van der Waals surface area contributed by atoms with E-state index in [1.54, 1.807) is 11.8 Å². The summed E-state index contributed by atoms with van der Waals surface area (Å²) < 4.78 is 33.7. The molecule has 2 N–H and O–H groups in total. The number of carboxylic acid groups (broad SMARTS) is 1. The molecule has 0 bridgehead atoms. The Balaban J connectivity index is 0.000000540. The highest BCUT2D eigenvalue weighted by molar-refractivity contribution is 5.78. The van der Waals surface area contributed by atoms with Crippen LogP contribution in [0.4, 0.5) is 13.2 Å². The maximum absolute atomic E-state index is 12.7. The summed E-state index contributed by atoms with van der Waals surface area (Å²) in [6.45, 7) is 5.59. The van der Waals surface area contributed by atoms with E-state index in [1.165, 1.54) is 5.56 Å². The summed E-state index contributed by atoms with van der Waals surface area (Å²) in [5.41, 5.74) is 6.64. The molecule has 7 rings (SSSR count). The molecular formula is C35H34F3N7O4. The van der Waals surface area contributed by atoms with E-state index < -0.39 is 12.1 Å². The first kappa shape index (κ1) is 33.5. The number of alkyl halides is 3. The first-order valence-corrected chi connectivity index (χ1v) is 15.8. The van der Waals surface area contributed by atoms with Crippen molar-refractivity contribution in [3.8, 4) is 22.5 Å². The lowest BCUT2D eigenvalue weighted by Gasteiger charge is -2.37. The van der Waals surface area contributed by atoms with Crippen molar-refractivity contribution in [3.63, 3.8) is 0 Å². The number of carbonyl (C=O) groups is 2. The van der Waals surface area contributed by atoms with Crippen LogP contribution in [-0.2, 0) is 16.1 Å². The molecule has 2 aliphatic rings. The molecule has 3 aromatic carbocycles. The second-order valence-corrected chi connectivity index (χ2v) is 12.2. The molecule has 2 aliphatic heterocycles. The van der Waals surface area contributed by atoms with Gasteiger partial charge in [0.1, 0.15) is 11.4 Å². The van der Waals surface area contributed by atoms with Crippen LogP contribution in [-0.4, -0.2) is 83.9 Å². The van der Waals surface area contributed by atoms with Crippen molar-refractivity contribution >= 4 is 22.9 Å². The fraction of sp³-hybridized carbons (Fsp3) is 0.314. The molecule has 254 valence electrons. The molecule has 5 aromatic rings. The number of carbonyl (C=O) groups excluding carboxylic acids is 1. The van der Waals surface area contributed by atoms with E-state index in [4.69, 9.17) is 14.9 Å². The SMILES string of the molecule is CC(=O)N1CC(c2nnc(-c3ccccc3)c(-c3ccc(CN4CCC(n5c(=O)[nH]c6ccccc65)CC4)cc3)n2)C1.O=C(O)C(F)(F)F. The number of aromatic amines is 1. The highest BCUT2D eigenvalue weighted by Gasteiger charge is 2.38. The number of H-pyrrole nitrogens is 1. The van der Waals surface area contributed by atoms with Gasteiger partial charge in [-0.15, -0.1) is 10.2 Å². The van der Waals surface area contributed by atoms with Gasteiger partial charge in [-0.3, -0.25) is 14.3 Å². The van der Waals surface area contributed by atoms with Gasteiger partial charge in [-0.25, -0.2) is 14.6 Å². The van der Waals surface area contributed by atoms with Crippen LogP contribution in [0.5, 0.6) is 0 Å². The number of benzene rings is 3. The number of rotatable bonds is 6. The monoisotopic (exact) mass is 673 g/mol. The van der Waals surface area contributed by atoms with Crippen molar-refractivity contribution in [1.82, 2.24) is 34.5 Å². The Hall–Kier alpha value is -5.37. The minimum absolute atomic E-state index is 0.0176. The predicted molar refractivity (Wildman–Crippen MR) is 175 cm³/mol. The van der Waals surface area contributed by atoms with Gasteiger partial charge in [0, 0.05) is 56.8 Å². The number of aromatic nitrogens is 5. The number of nitrogens with one attached hydrogen (secondary N) is 1. The number of nitrogens with zero attached hydrogens (tertiary/aromatic N) is 6. The summed E-state index contributed by atoms with van der Waals surface area (Å²) in [7, 11) is 0. The first-order valence-electron chi connectivity index (χ1n) is 15.8. The third kappa shape index (κ3) is 7.54. The van der Waals surface area contributed by atoms with E-state index in [9.17, 15) is 22.8 Å². The molecule has 0 spiro atoms. The number of hydrogen-bond acceptors (Lipinski definition) is 7. The number of para-hydroxylation sites is 2. The highest BCUT2D eigenvalue weighted by Crippen LogP contribution is 2.32. The van der Waals surface area contributed by atoms with Crippen molar-refractivity contribution in [2.24, 2.45) is 0 Å². The van der Waals surface area contributed by atoms with Gasteiger partial charge in [-0.1, -0.05) is 66.7 Å². The lowest BCUT2D eigenvalue weighted by molar-refractivity contribution is -0.192. The molecule has 49 heavy (non-hydrogen) atoms. The van der Waals surface area contributed by atoms with Gasteiger partial charge >= 0.3 is 17.8 Å². The van der Waals surface area contributed by atoms with Crippen LogP contribution in [0.15, 0.2) is 83.7 Å².